The third kappa shape index (κ3) is 5.18. The summed E-state index contributed by atoms with van der Waals surface area (Å²) in [6.45, 7) is 5.11. The maximum Gasteiger partial charge on any atom is 0.272 e. The molecular weight excluding hydrogens is 338 g/mol. The molecule has 2 heterocycles. The number of aromatic nitrogens is 2. The van der Waals surface area contributed by atoms with Gasteiger partial charge in [-0.25, -0.2) is 9.97 Å². The number of benzene rings is 1. The van der Waals surface area contributed by atoms with Crippen LogP contribution in [0.4, 0.5) is 17.3 Å². The number of nitrogens with one attached hydrogen (secondary N) is 1. The van der Waals surface area contributed by atoms with E-state index in [0.29, 0.717) is 11.6 Å². The van der Waals surface area contributed by atoms with Crippen LogP contribution in [0.1, 0.15) is 49.5 Å². The molecule has 0 unspecified atom stereocenters. The minimum atomic E-state index is -0.0747. The molecule has 1 aromatic heterocycles. The minimum absolute atomic E-state index is 0.0747. The smallest absolute Gasteiger partial charge is 0.272 e. The van der Waals surface area contributed by atoms with Crippen LogP contribution in [0, 0.1) is 0 Å². The van der Waals surface area contributed by atoms with E-state index in [2.05, 4.69) is 39.2 Å². The number of hydrogen-bond donors (Lipinski definition) is 1. The van der Waals surface area contributed by atoms with Gasteiger partial charge in [0, 0.05) is 44.3 Å². The Labute approximate surface area is 161 Å². The van der Waals surface area contributed by atoms with Crippen molar-refractivity contribution in [3.05, 3.63) is 42.2 Å². The first-order chi connectivity index (χ1) is 13.2. The molecule has 1 N–H and O–H groups in total. The summed E-state index contributed by atoms with van der Waals surface area (Å²) < 4.78 is 0. The molecule has 6 nitrogen and oxygen atoms in total. The van der Waals surface area contributed by atoms with Crippen molar-refractivity contribution in [1.29, 1.82) is 0 Å². The van der Waals surface area contributed by atoms with Gasteiger partial charge >= 0.3 is 0 Å². The van der Waals surface area contributed by atoms with Crippen LogP contribution in [0.2, 0.25) is 0 Å². The topological polar surface area (TPSA) is 61.4 Å². The Balaban J connectivity index is 1.64. The molecular formula is C21H29N5O. The van der Waals surface area contributed by atoms with Gasteiger partial charge in [0.1, 0.15) is 5.69 Å². The van der Waals surface area contributed by atoms with Gasteiger partial charge in [0.05, 0.1) is 0 Å². The van der Waals surface area contributed by atoms with Gasteiger partial charge in [0.25, 0.3) is 5.91 Å². The summed E-state index contributed by atoms with van der Waals surface area (Å²) in [5.74, 6) is 0.366. The third-order valence-electron chi connectivity index (χ3n) is 4.91. The van der Waals surface area contributed by atoms with E-state index in [0.717, 1.165) is 38.2 Å². The molecule has 2 aromatic rings. The van der Waals surface area contributed by atoms with Gasteiger partial charge in [-0.15, -0.1) is 0 Å². The SMILES string of the molecule is CCCCN(C)C(=O)c1ccnc(Nc2ccc(N3CCCCC3)cc2)n1. The van der Waals surface area contributed by atoms with Crippen LogP contribution >= 0.6 is 0 Å². The summed E-state index contributed by atoms with van der Waals surface area (Å²) in [5, 5.41) is 3.20. The molecule has 27 heavy (non-hydrogen) atoms. The van der Waals surface area contributed by atoms with Gasteiger partial charge in [0.15, 0.2) is 0 Å². The van der Waals surface area contributed by atoms with Crippen molar-refractivity contribution >= 4 is 23.2 Å². The average molecular weight is 367 g/mol. The van der Waals surface area contributed by atoms with Crippen molar-refractivity contribution in [2.75, 3.05) is 36.9 Å². The van der Waals surface area contributed by atoms with Crippen molar-refractivity contribution in [3.63, 3.8) is 0 Å². The summed E-state index contributed by atoms with van der Waals surface area (Å²) in [7, 11) is 1.81. The lowest BCUT2D eigenvalue weighted by atomic mass is 10.1. The highest BCUT2D eigenvalue weighted by atomic mass is 16.2. The fourth-order valence-corrected chi connectivity index (χ4v) is 3.27. The van der Waals surface area contributed by atoms with Gasteiger partial charge in [-0.1, -0.05) is 13.3 Å². The first-order valence-corrected chi connectivity index (χ1v) is 9.88. The van der Waals surface area contributed by atoms with E-state index in [1.54, 1.807) is 17.2 Å². The standard InChI is InChI=1S/C21H29N5O/c1-3-4-14-25(2)20(27)19-12-13-22-21(24-19)23-17-8-10-18(11-9-17)26-15-6-5-7-16-26/h8-13H,3-7,14-16H2,1-2H3,(H,22,23,24). The Morgan fingerprint density at radius 1 is 1.15 bits per heavy atom. The second kappa shape index (κ2) is 9.35. The van der Waals surface area contributed by atoms with Gasteiger partial charge < -0.3 is 15.1 Å². The lowest BCUT2D eigenvalue weighted by Crippen LogP contribution is -2.29. The number of anilines is 3. The highest BCUT2D eigenvalue weighted by Gasteiger charge is 2.14. The number of amides is 1. The predicted molar refractivity (Wildman–Crippen MR) is 110 cm³/mol. The summed E-state index contributed by atoms with van der Waals surface area (Å²) in [4.78, 5) is 25.2. The van der Waals surface area contributed by atoms with Gasteiger partial charge in [-0.3, -0.25) is 4.79 Å². The number of carbonyl (C=O) groups is 1. The molecule has 0 bridgehead atoms. The van der Waals surface area contributed by atoms with Crippen LogP contribution in [-0.2, 0) is 0 Å². The number of piperidine rings is 1. The van der Waals surface area contributed by atoms with Crippen molar-refractivity contribution < 1.29 is 4.79 Å². The van der Waals surface area contributed by atoms with Gasteiger partial charge in [0.2, 0.25) is 5.95 Å². The molecule has 0 atom stereocenters. The lowest BCUT2D eigenvalue weighted by Gasteiger charge is -2.28. The van der Waals surface area contributed by atoms with E-state index >= 15 is 0 Å². The quantitative estimate of drug-likeness (QED) is 0.799. The van der Waals surface area contributed by atoms with Crippen molar-refractivity contribution in [1.82, 2.24) is 14.9 Å². The van der Waals surface area contributed by atoms with Crippen LogP contribution in [0.25, 0.3) is 0 Å². The van der Waals surface area contributed by atoms with E-state index in [1.807, 2.05) is 19.2 Å². The molecule has 1 aromatic carbocycles. The minimum Gasteiger partial charge on any atom is -0.372 e. The Hall–Kier alpha value is -2.63. The Morgan fingerprint density at radius 3 is 2.59 bits per heavy atom. The molecule has 1 saturated heterocycles. The summed E-state index contributed by atoms with van der Waals surface area (Å²) >= 11 is 0. The number of nitrogens with zero attached hydrogens (tertiary/aromatic N) is 4. The normalized spacial score (nSPS) is 14.1. The monoisotopic (exact) mass is 367 g/mol. The molecule has 0 aliphatic carbocycles. The first-order valence-electron chi connectivity index (χ1n) is 9.88. The number of carbonyl (C=O) groups excluding carboxylic acids is 1. The van der Waals surface area contributed by atoms with Crippen LogP contribution in [0.5, 0.6) is 0 Å². The van der Waals surface area contributed by atoms with E-state index < -0.39 is 0 Å². The summed E-state index contributed by atoms with van der Waals surface area (Å²) in [5.41, 5.74) is 2.58. The zero-order chi connectivity index (χ0) is 19.1. The number of unbranched alkanes of at least 4 members (excludes halogenated alkanes) is 1. The highest BCUT2D eigenvalue weighted by molar-refractivity contribution is 5.92. The molecule has 6 heteroatoms. The zero-order valence-corrected chi connectivity index (χ0v) is 16.3. The van der Waals surface area contributed by atoms with E-state index in [1.165, 1.54) is 24.9 Å². The molecule has 0 spiro atoms. The van der Waals surface area contributed by atoms with E-state index in [-0.39, 0.29) is 5.91 Å². The molecule has 1 aliphatic heterocycles. The lowest BCUT2D eigenvalue weighted by molar-refractivity contribution is 0.0787. The maximum absolute atomic E-state index is 12.5. The predicted octanol–water partition coefficient (Wildman–Crippen LogP) is 4.08. The third-order valence-corrected chi connectivity index (χ3v) is 4.91. The molecule has 0 saturated carbocycles. The average Bonchev–Trinajstić information content (AvgIpc) is 2.73. The molecule has 1 fully saturated rings. The fraction of sp³-hybridized carbons (Fsp3) is 0.476. The van der Waals surface area contributed by atoms with Crippen molar-refractivity contribution in [2.24, 2.45) is 0 Å². The summed E-state index contributed by atoms with van der Waals surface area (Å²) in [6, 6.07) is 9.99. The number of rotatable bonds is 7. The van der Waals surface area contributed by atoms with E-state index in [9.17, 15) is 4.79 Å². The van der Waals surface area contributed by atoms with Crippen LogP contribution in [-0.4, -0.2) is 47.5 Å². The molecule has 1 aliphatic rings. The summed E-state index contributed by atoms with van der Waals surface area (Å²) in [6.07, 6.45) is 7.53. The van der Waals surface area contributed by atoms with Gasteiger partial charge in [-0.05, 0) is 56.0 Å². The molecule has 1 amide bonds. The zero-order valence-electron chi connectivity index (χ0n) is 16.3. The number of hydrogen-bond acceptors (Lipinski definition) is 5. The largest absolute Gasteiger partial charge is 0.372 e. The molecule has 0 radical (unpaired) electrons. The van der Waals surface area contributed by atoms with Crippen LogP contribution < -0.4 is 10.2 Å². The Morgan fingerprint density at radius 2 is 1.89 bits per heavy atom. The van der Waals surface area contributed by atoms with Crippen molar-refractivity contribution in [2.45, 2.75) is 39.0 Å². The Kier molecular flexibility index (Phi) is 6.63. The Bertz CT molecular complexity index is 740. The first kappa shape index (κ1) is 19.1. The van der Waals surface area contributed by atoms with E-state index in [4.69, 9.17) is 0 Å². The van der Waals surface area contributed by atoms with Crippen LogP contribution in [0.3, 0.4) is 0 Å². The second-order valence-corrected chi connectivity index (χ2v) is 7.07. The fourth-order valence-electron chi connectivity index (χ4n) is 3.27. The second-order valence-electron chi connectivity index (χ2n) is 7.07. The van der Waals surface area contributed by atoms with Gasteiger partial charge in [-0.2, -0.15) is 0 Å². The maximum atomic E-state index is 12.5. The molecule has 3 rings (SSSR count). The van der Waals surface area contributed by atoms with Crippen LogP contribution in [0.15, 0.2) is 36.5 Å². The molecule has 144 valence electrons. The van der Waals surface area contributed by atoms with Crippen molar-refractivity contribution in [3.8, 4) is 0 Å². The highest BCUT2D eigenvalue weighted by Crippen LogP contribution is 2.23.